The molecule has 2 heterocycles. The van der Waals surface area contributed by atoms with Gasteiger partial charge < -0.3 is 5.32 Å². The molecule has 0 radical (unpaired) electrons. The summed E-state index contributed by atoms with van der Waals surface area (Å²) >= 11 is 3.10. The van der Waals surface area contributed by atoms with E-state index >= 15 is 0 Å². The van der Waals surface area contributed by atoms with Gasteiger partial charge in [0.1, 0.15) is 16.2 Å². The fourth-order valence-electron chi connectivity index (χ4n) is 2.19. The summed E-state index contributed by atoms with van der Waals surface area (Å²) in [5.41, 5.74) is 1.17. The topological polar surface area (TPSA) is 54.9 Å². The highest BCUT2D eigenvalue weighted by Crippen LogP contribution is 2.35. The lowest BCUT2D eigenvalue weighted by molar-refractivity contribution is -0.119. The summed E-state index contributed by atoms with van der Waals surface area (Å²) in [5.74, 6) is 0.385. The summed E-state index contributed by atoms with van der Waals surface area (Å²) in [7, 11) is 0. The number of hydrogen-bond donors (Lipinski definition) is 1. The van der Waals surface area contributed by atoms with E-state index < -0.39 is 0 Å². The number of thioether (sulfide) groups is 1. The first kappa shape index (κ1) is 16.0. The lowest BCUT2D eigenvalue weighted by Gasteiger charge is -2.07. The highest BCUT2D eigenvalue weighted by Gasteiger charge is 2.12. The molecule has 0 aliphatic heterocycles. The first-order chi connectivity index (χ1) is 11.1. The Labute approximate surface area is 143 Å². The summed E-state index contributed by atoms with van der Waals surface area (Å²) in [5, 5.41) is 4.76. The molecule has 0 saturated carbocycles. The number of carbonyl (C=O) groups excluding carboxylic acids is 1. The Hall–Kier alpha value is -1.92. The molecule has 3 aromatic rings. The van der Waals surface area contributed by atoms with Gasteiger partial charge in [-0.05, 0) is 25.5 Å². The summed E-state index contributed by atoms with van der Waals surface area (Å²) in [6.07, 6.45) is 1.57. The van der Waals surface area contributed by atoms with Gasteiger partial charge in [0.25, 0.3) is 0 Å². The first-order valence-corrected chi connectivity index (χ1v) is 9.16. The van der Waals surface area contributed by atoms with Gasteiger partial charge in [0.15, 0.2) is 0 Å². The largest absolute Gasteiger partial charge is 0.353 e. The number of nitrogens with one attached hydrogen (secondary N) is 1. The zero-order valence-corrected chi connectivity index (χ0v) is 14.6. The average molecular weight is 343 g/mol. The maximum atomic E-state index is 11.8. The van der Waals surface area contributed by atoms with E-state index in [-0.39, 0.29) is 11.9 Å². The summed E-state index contributed by atoms with van der Waals surface area (Å²) in [6.45, 7) is 3.91. The molecule has 0 aliphatic rings. The maximum Gasteiger partial charge on any atom is 0.230 e. The fourth-order valence-corrected chi connectivity index (χ4v) is 4.04. The van der Waals surface area contributed by atoms with Crippen molar-refractivity contribution in [3.05, 3.63) is 42.7 Å². The number of hydrogen-bond acceptors (Lipinski definition) is 5. The van der Waals surface area contributed by atoms with Gasteiger partial charge in [-0.3, -0.25) is 4.79 Å². The van der Waals surface area contributed by atoms with Crippen molar-refractivity contribution in [1.29, 1.82) is 0 Å². The monoisotopic (exact) mass is 343 g/mol. The van der Waals surface area contributed by atoms with Crippen molar-refractivity contribution >= 4 is 39.2 Å². The van der Waals surface area contributed by atoms with E-state index in [2.05, 4.69) is 33.5 Å². The predicted octanol–water partition coefficient (Wildman–Crippen LogP) is 3.98. The van der Waals surface area contributed by atoms with Gasteiger partial charge in [-0.1, -0.05) is 42.1 Å². The molecule has 1 amide bonds. The number of rotatable bonds is 5. The Balaban J connectivity index is 1.84. The second-order valence-corrected chi connectivity index (χ2v) is 7.38. The van der Waals surface area contributed by atoms with Gasteiger partial charge in [0, 0.05) is 16.3 Å². The molecule has 0 saturated heterocycles. The SMILES string of the molecule is CC(C)NC(=O)CSc1ncnc2sc(-c3ccccc3)cc12. The van der Waals surface area contributed by atoms with Gasteiger partial charge in [-0.2, -0.15) is 0 Å². The van der Waals surface area contributed by atoms with Crippen LogP contribution < -0.4 is 5.32 Å². The second kappa shape index (κ2) is 7.10. The highest BCUT2D eigenvalue weighted by molar-refractivity contribution is 8.00. The molecule has 0 aliphatic carbocycles. The number of benzene rings is 1. The Bertz CT molecular complexity index is 815. The third-order valence-corrected chi connectivity index (χ3v) is 5.24. The molecule has 0 spiro atoms. The third-order valence-electron chi connectivity index (χ3n) is 3.14. The zero-order valence-electron chi connectivity index (χ0n) is 12.9. The molecule has 0 atom stereocenters. The Morgan fingerprint density at radius 3 is 2.78 bits per heavy atom. The van der Waals surface area contributed by atoms with Gasteiger partial charge in [0.2, 0.25) is 5.91 Å². The van der Waals surface area contributed by atoms with Crippen LogP contribution in [0.5, 0.6) is 0 Å². The summed E-state index contributed by atoms with van der Waals surface area (Å²) < 4.78 is 0. The van der Waals surface area contributed by atoms with Crippen molar-refractivity contribution in [3.8, 4) is 10.4 Å². The van der Waals surface area contributed by atoms with E-state index in [1.54, 1.807) is 17.7 Å². The van der Waals surface area contributed by atoms with Crippen LogP contribution in [0.1, 0.15) is 13.8 Å². The maximum absolute atomic E-state index is 11.8. The van der Waals surface area contributed by atoms with Crippen LogP contribution in [-0.2, 0) is 4.79 Å². The molecule has 0 unspecified atom stereocenters. The van der Waals surface area contributed by atoms with E-state index in [1.807, 2.05) is 32.0 Å². The molecule has 0 fully saturated rings. The average Bonchev–Trinajstić information content (AvgIpc) is 2.98. The number of nitrogens with zero attached hydrogens (tertiary/aromatic N) is 2. The minimum absolute atomic E-state index is 0.0234. The Morgan fingerprint density at radius 2 is 2.04 bits per heavy atom. The highest BCUT2D eigenvalue weighted by atomic mass is 32.2. The van der Waals surface area contributed by atoms with Crippen molar-refractivity contribution in [3.63, 3.8) is 0 Å². The smallest absolute Gasteiger partial charge is 0.230 e. The number of thiophene rings is 1. The van der Waals surface area contributed by atoms with Crippen molar-refractivity contribution in [2.45, 2.75) is 24.9 Å². The second-order valence-electron chi connectivity index (χ2n) is 5.39. The lowest BCUT2D eigenvalue weighted by atomic mass is 10.2. The van der Waals surface area contributed by atoms with E-state index in [1.165, 1.54) is 17.3 Å². The Kier molecular flexibility index (Phi) is 4.93. The molecular formula is C17H17N3OS2. The van der Waals surface area contributed by atoms with Crippen LogP contribution in [0, 0.1) is 0 Å². The van der Waals surface area contributed by atoms with Gasteiger partial charge in [-0.25, -0.2) is 9.97 Å². The molecule has 3 rings (SSSR count). The van der Waals surface area contributed by atoms with Crippen molar-refractivity contribution in [2.24, 2.45) is 0 Å². The number of carbonyl (C=O) groups is 1. The van der Waals surface area contributed by atoms with E-state index in [9.17, 15) is 4.79 Å². The molecule has 118 valence electrons. The zero-order chi connectivity index (χ0) is 16.2. The first-order valence-electron chi connectivity index (χ1n) is 7.35. The predicted molar refractivity (Wildman–Crippen MR) is 96.9 cm³/mol. The van der Waals surface area contributed by atoms with Gasteiger partial charge in [0.05, 0.1) is 5.75 Å². The van der Waals surface area contributed by atoms with Gasteiger partial charge in [-0.15, -0.1) is 11.3 Å². The molecule has 1 aromatic carbocycles. The molecule has 0 bridgehead atoms. The lowest BCUT2D eigenvalue weighted by Crippen LogP contribution is -2.31. The van der Waals surface area contributed by atoms with Crippen molar-refractivity contribution in [2.75, 3.05) is 5.75 Å². The van der Waals surface area contributed by atoms with Gasteiger partial charge >= 0.3 is 0 Å². The van der Waals surface area contributed by atoms with Crippen molar-refractivity contribution in [1.82, 2.24) is 15.3 Å². The molecule has 2 aromatic heterocycles. The number of amides is 1. The van der Waals surface area contributed by atoms with E-state index in [4.69, 9.17) is 0 Å². The molecule has 1 N–H and O–H groups in total. The van der Waals surface area contributed by atoms with E-state index in [0.29, 0.717) is 5.75 Å². The quantitative estimate of drug-likeness (QED) is 0.562. The molecule has 23 heavy (non-hydrogen) atoms. The minimum atomic E-state index is 0.0234. The van der Waals surface area contributed by atoms with E-state index in [0.717, 1.165) is 20.1 Å². The normalized spacial score (nSPS) is 11.1. The molecular weight excluding hydrogens is 326 g/mol. The Morgan fingerprint density at radius 1 is 1.26 bits per heavy atom. The van der Waals surface area contributed by atoms with Crippen LogP contribution in [-0.4, -0.2) is 27.7 Å². The third kappa shape index (κ3) is 3.89. The van der Waals surface area contributed by atoms with Crippen LogP contribution in [0.15, 0.2) is 47.8 Å². The summed E-state index contributed by atoms with van der Waals surface area (Å²) in [6, 6.07) is 12.5. The van der Waals surface area contributed by atoms with Crippen LogP contribution in [0.25, 0.3) is 20.7 Å². The number of fused-ring (bicyclic) bond motifs is 1. The van der Waals surface area contributed by atoms with Crippen LogP contribution >= 0.6 is 23.1 Å². The van der Waals surface area contributed by atoms with Crippen LogP contribution in [0.2, 0.25) is 0 Å². The standard InChI is InChI=1S/C17H17N3OS2/c1-11(2)20-15(21)9-22-16-13-8-14(12-6-4-3-5-7-12)23-17(13)19-10-18-16/h3-8,10-11H,9H2,1-2H3,(H,20,21). The fraction of sp³-hybridized carbons (Fsp3) is 0.235. The van der Waals surface area contributed by atoms with Crippen molar-refractivity contribution < 1.29 is 4.79 Å². The molecule has 4 nitrogen and oxygen atoms in total. The van der Waals surface area contributed by atoms with Crippen LogP contribution in [0.4, 0.5) is 0 Å². The minimum Gasteiger partial charge on any atom is -0.353 e. The van der Waals surface area contributed by atoms with Crippen LogP contribution in [0.3, 0.4) is 0 Å². The molecule has 6 heteroatoms. The number of aromatic nitrogens is 2. The summed E-state index contributed by atoms with van der Waals surface area (Å²) in [4.78, 5) is 22.6.